The minimum Gasteiger partial charge on any atom is -0.376 e. The maximum absolute atomic E-state index is 12.3. The first-order valence-corrected chi connectivity index (χ1v) is 8.34. The van der Waals surface area contributed by atoms with E-state index in [1.165, 1.54) is 5.56 Å². The molecule has 2 saturated heterocycles. The van der Waals surface area contributed by atoms with E-state index in [1.807, 2.05) is 31.2 Å². The van der Waals surface area contributed by atoms with Gasteiger partial charge in [-0.25, -0.2) is 0 Å². The molecule has 2 heterocycles. The van der Waals surface area contributed by atoms with Crippen molar-refractivity contribution in [2.75, 3.05) is 19.7 Å². The van der Waals surface area contributed by atoms with Crippen LogP contribution in [0.4, 0.5) is 0 Å². The second-order valence-electron chi connectivity index (χ2n) is 6.54. The van der Waals surface area contributed by atoms with Gasteiger partial charge in [0.25, 0.3) is 0 Å². The zero-order valence-electron chi connectivity index (χ0n) is 13.6. The van der Waals surface area contributed by atoms with Crippen LogP contribution in [0.5, 0.6) is 0 Å². The summed E-state index contributed by atoms with van der Waals surface area (Å²) in [6.07, 6.45) is 2.53. The molecule has 23 heavy (non-hydrogen) atoms. The first-order chi connectivity index (χ1) is 11.1. The zero-order valence-corrected chi connectivity index (χ0v) is 13.6. The number of hydrogen-bond acceptors (Lipinski definition) is 3. The molecule has 2 aliphatic heterocycles. The minimum absolute atomic E-state index is 0.0336. The third-order valence-electron chi connectivity index (χ3n) is 4.62. The van der Waals surface area contributed by atoms with Crippen LogP contribution in [0.1, 0.15) is 30.4 Å². The van der Waals surface area contributed by atoms with E-state index in [4.69, 9.17) is 4.74 Å². The molecule has 1 aromatic rings. The standard InChI is InChI=1S/C18H24N2O3/c1-13-4-6-14(7-5-13)10-19-18(22)15-9-17(21)20(11-15)12-16-3-2-8-23-16/h4-7,15-16H,2-3,8-12H2,1H3,(H,19,22). The maximum Gasteiger partial charge on any atom is 0.225 e. The Morgan fingerprint density at radius 1 is 1.35 bits per heavy atom. The van der Waals surface area contributed by atoms with Gasteiger partial charge in [-0.2, -0.15) is 0 Å². The van der Waals surface area contributed by atoms with E-state index in [-0.39, 0.29) is 23.8 Å². The van der Waals surface area contributed by atoms with Gasteiger partial charge in [-0.1, -0.05) is 29.8 Å². The molecule has 0 aliphatic carbocycles. The van der Waals surface area contributed by atoms with Crippen LogP contribution in [0, 0.1) is 12.8 Å². The molecule has 1 aromatic carbocycles. The normalized spacial score (nSPS) is 24.2. The number of aryl methyl sites for hydroxylation is 1. The molecule has 2 amide bonds. The van der Waals surface area contributed by atoms with Crippen molar-refractivity contribution in [1.82, 2.24) is 10.2 Å². The summed E-state index contributed by atoms with van der Waals surface area (Å²) in [7, 11) is 0. The molecule has 0 spiro atoms. The summed E-state index contributed by atoms with van der Waals surface area (Å²) in [5, 5.41) is 2.95. The van der Waals surface area contributed by atoms with Crippen molar-refractivity contribution in [1.29, 1.82) is 0 Å². The lowest BCUT2D eigenvalue weighted by Crippen LogP contribution is -2.35. The topological polar surface area (TPSA) is 58.6 Å². The molecule has 2 atom stereocenters. The van der Waals surface area contributed by atoms with Gasteiger partial charge >= 0.3 is 0 Å². The molecule has 2 unspecified atom stereocenters. The largest absolute Gasteiger partial charge is 0.376 e. The van der Waals surface area contributed by atoms with Crippen molar-refractivity contribution < 1.29 is 14.3 Å². The predicted molar refractivity (Wildman–Crippen MR) is 86.7 cm³/mol. The highest BCUT2D eigenvalue weighted by Crippen LogP contribution is 2.21. The van der Waals surface area contributed by atoms with Crippen molar-refractivity contribution in [3.05, 3.63) is 35.4 Å². The fourth-order valence-corrected chi connectivity index (χ4v) is 3.20. The van der Waals surface area contributed by atoms with Crippen LogP contribution >= 0.6 is 0 Å². The lowest BCUT2D eigenvalue weighted by Gasteiger charge is -2.20. The summed E-state index contributed by atoms with van der Waals surface area (Å²) in [6, 6.07) is 8.09. The third-order valence-corrected chi connectivity index (χ3v) is 4.62. The average molecular weight is 316 g/mol. The van der Waals surface area contributed by atoms with E-state index in [1.54, 1.807) is 4.90 Å². The Morgan fingerprint density at radius 2 is 2.13 bits per heavy atom. The van der Waals surface area contributed by atoms with Crippen LogP contribution in [-0.4, -0.2) is 42.5 Å². The van der Waals surface area contributed by atoms with E-state index in [0.717, 1.165) is 25.0 Å². The van der Waals surface area contributed by atoms with Gasteiger partial charge in [0.15, 0.2) is 0 Å². The number of rotatable bonds is 5. The third kappa shape index (κ3) is 4.10. The number of nitrogens with zero attached hydrogens (tertiary/aromatic N) is 1. The van der Waals surface area contributed by atoms with E-state index >= 15 is 0 Å². The Hall–Kier alpha value is -1.88. The van der Waals surface area contributed by atoms with Crippen molar-refractivity contribution >= 4 is 11.8 Å². The van der Waals surface area contributed by atoms with Crippen molar-refractivity contribution in [3.63, 3.8) is 0 Å². The van der Waals surface area contributed by atoms with Gasteiger partial charge in [0.1, 0.15) is 0 Å². The van der Waals surface area contributed by atoms with Gasteiger partial charge in [0, 0.05) is 32.7 Å². The lowest BCUT2D eigenvalue weighted by molar-refractivity contribution is -0.129. The Bertz CT molecular complexity index is 564. The van der Waals surface area contributed by atoms with Gasteiger partial charge in [-0.3, -0.25) is 9.59 Å². The summed E-state index contributed by atoms with van der Waals surface area (Å²) in [4.78, 5) is 26.2. The summed E-state index contributed by atoms with van der Waals surface area (Å²) in [5.41, 5.74) is 2.27. The molecule has 0 aromatic heterocycles. The fourth-order valence-electron chi connectivity index (χ4n) is 3.20. The molecular weight excluding hydrogens is 292 g/mol. The van der Waals surface area contributed by atoms with Crippen LogP contribution in [0.25, 0.3) is 0 Å². The number of hydrogen-bond donors (Lipinski definition) is 1. The number of carbonyl (C=O) groups is 2. The van der Waals surface area contributed by atoms with E-state index < -0.39 is 0 Å². The maximum atomic E-state index is 12.3. The zero-order chi connectivity index (χ0) is 16.2. The fraction of sp³-hybridized carbons (Fsp3) is 0.556. The van der Waals surface area contributed by atoms with Gasteiger partial charge < -0.3 is 15.0 Å². The Balaban J connectivity index is 1.48. The number of benzene rings is 1. The Morgan fingerprint density at radius 3 is 2.83 bits per heavy atom. The molecule has 2 fully saturated rings. The minimum atomic E-state index is -0.241. The monoisotopic (exact) mass is 316 g/mol. The van der Waals surface area contributed by atoms with Crippen LogP contribution in [0.2, 0.25) is 0 Å². The number of nitrogens with one attached hydrogen (secondary N) is 1. The SMILES string of the molecule is Cc1ccc(CNC(=O)C2CC(=O)N(CC3CCCO3)C2)cc1. The second-order valence-corrected chi connectivity index (χ2v) is 6.54. The van der Waals surface area contributed by atoms with Gasteiger partial charge in [-0.15, -0.1) is 0 Å². The highest BCUT2D eigenvalue weighted by molar-refractivity contribution is 5.89. The molecule has 0 saturated carbocycles. The van der Waals surface area contributed by atoms with Gasteiger partial charge in [-0.05, 0) is 25.3 Å². The summed E-state index contributed by atoms with van der Waals surface area (Å²) < 4.78 is 5.58. The first-order valence-electron chi connectivity index (χ1n) is 8.34. The molecule has 0 bridgehead atoms. The second kappa shape index (κ2) is 7.13. The summed E-state index contributed by atoms with van der Waals surface area (Å²) >= 11 is 0. The molecule has 5 nitrogen and oxygen atoms in total. The van der Waals surface area contributed by atoms with Crippen LogP contribution in [0.15, 0.2) is 24.3 Å². The quantitative estimate of drug-likeness (QED) is 0.898. The molecule has 3 rings (SSSR count). The van der Waals surface area contributed by atoms with Crippen LogP contribution in [0.3, 0.4) is 0 Å². The lowest BCUT2D eigenvalue weighted by atomic mass is 10.1. The van der Waals surface area contributed by atoms with Crippen LogP contribution < -0.4 is 5.32 Å². The van der Waals surface area contributed by atoms with Crippen molar-refractivity contribution in [2.24, 2.45) is 5.92 Å². The van der Waals surface area contributed by atoms with Crippen molar-refractivity contribution in [3.8, 4) is 0 Å². The number of ether oxygens (including phenoxy) is 1. The molecule has 1 N–H and O–H groups in total. The number of carbonyl (C=O) groups excluding carboxylic acids is 2. The van der Waals surface area contributed by atoms with Crippen molar-refractivity contribution in [2.45, 2.75) is 38.8 Å². The highest BCUT2D eigenvalue weighted by Gasteiger charge is 2.35. The average Bonchev–Trinajstić information content (AvgIpc) is 3.17. The van der Waals surface area contributed by atoms with Gasteiger partial charge in [0.2, 0.25) is 11.8 Å². The molecule has 0 radical (unpaired) electrons. The predicted octanol–water partition coefficient (Wildman–Crippen LogP) is 1.64. The molecular formula is C18H24N2O3. The Labute approximate surface area is 137 Å². The first kappa shape index (κ1) is 16.0. The molecule has 124 valence electrons. The number of amides is 2. The smallest absolute Gasteiger partial charge is 0.225 e. The highest BCUT2D eigenvalue weighted by atomic mass is 16.5. The van der Waals surface area contributed by atoms with Gasteiger partial charge in [0.05, 0.1) is 12.0 Å². The van der Waals surface area contributed by atoms with E-state index in [2.05, 4.69) is 5.32 Å². The Kier molecular flexibility index (Phi) is 4.96. The molecule has 5 heteroatoms. The summed E-state index contributed by atoms with van der Waals surface area (Å²) in [6.45, 7) is 4.47. The van der Waals surface area contributed by atoms with Crippen LogP contribution in [-0.2, 0) is 20.9 Å². The van der Waals surface area contributed by atoms with E-state index in [9.17, 15) is 9.59 Å². The number of likely N-dealkylation sites (tertiary alicyclic amines) is 1. The summed E-state index contributed by atoms with van der Waals surface area (Å²) in [5.74, 6) is -0.209. The van der Waals surface area contributed by atoms with E-state index in [0.29, 0.717) is 26.1 Å². The molecule has 2 aliphatic rings.